The lowest BCUT2D eigenvalue weighted by atomic mass is 9.99. The maximum atomic E-state index is 13.5. The Kier molecular flexibility index (Phi) is 8.98. The molecule has 0 radical (unpaired) electrons. The fraction of sp³-hybridized carbons (Fsp3) is 1.00. The SMILES string of the molecule is COP(=O)(OC)C(I)C12O[C@H]([C@H](O[Si](C)(C)C(C)(C)C)[C@H]1O[Si](C)(C)C(C)(C)C)[C@@H](CO)O2. The summed E-state index contributed by atoms with van der Waals surface area (Å²) in [6, 6.07) is 0. The number of rotatable bonds is 9. The Hall–Kier alpha value is 1.11. The summed E-state index contributed by atoms with van der Waals surface area (Å²) in [6.45, 7) is 21.5. The topological polar surface area (TPSA) is 92.7 Å². The van der Waals surface area contributed by atoms with Gasteiger partial charge in [0.05, 0.1) is 6.61 Å². The monoisotopic (exact) mass is 638 g/mol. The van der Waals surface area contributed by atoms with Crippen LogP contribution in [0.2, 0.25) is 36.3 Å². The van der Waals surface area contributed by atoms with Crippen LogP contribution in [0.3, 0.4) is 0 Å². The van der Waals surface area contributed by atoms with Crippen molar-refractivity contribution in [2.24, 2.45) is 0 Å². The van der Waals surface area contributed by atoms with Gasteiger partial charge in [-0.2, -0.15) is 0 Å². The number of fused-ring (bicyclic) bond motifs is 2. The maximum absolute atomic E-state index is 13.5. The first-order valence-electron chi connectivity index (χ1n) is 11.4. The van der Waals surface area contributed by atoms with Gasteiger partial charge >= 0.3 is 7.60 Å². The third-order valence-electron chi connectivity index (χ3n) is 7.80. The Bertz CT molecular complexity index is 746. The van der Waals surface area contributed by atoms with E-state index in [1.165, 1.54) is 14.2 Å². The Balaban J connectivity index is 2.65. The Labute approximate surface area is 215 Å². The van der Waals surface area contributed by atoms with Gasteiger partial charge in [0.25, 0.3) is 0 Å². The molecule has 2 saturated heterocycles. The van der Waals surface area contributed by atoms with E-state index >= 15 is 0 Å². The van der Waals surface area contributed by atoms with E-state index < -0.39 is 58.1 Å². The molecule has 0 aromatic rings. The molecule has 12 heteroatoms. The van der Waals surface area contributed by atoms with Crippen LogP contribution in [0.5, 0.6) is 0 Å². The first kappa shape index (κ1) is 30.3. The smallest absolute Gasteiger partial charge is 0.348 e. The fourth-order valence-corrected chi connectivity index (χ4v) is 9.41. The minimum atomic E-state index is -3.62. The summed E-state index contributed by atoms with van der Waals surface area (Å²) in [7, 11) is -5.51. The molecule has 0 aromatic carbocycles. The van der Waals surface area contributed by atoms with Gasteiger partial charge in [-0.1, -0.05) is 64.1 Å². The molecule has 0 aliphatic carbocycles. The van der Waals surface area contributed by atoms with E-state index in [4.69, 9.17) is 27.4 Å². The van der Waals surface area contributed by atoms with Crippen molar-refractivity contribution in [3.63, 3.8) is 0 Å². The number of alkyl halides is 1. The van der Waals surface area contributed by atoms with Gasteiger partial charge in [0, 0.05) is 14.2 Å². The molecular formula is C21H44IO8PSi2. The molecule has 8 nitrogen and oxygen atoms in total. The summed E-state index contributed by atoms with van der Waals surface area (Å²) in [6.07, 6.45) is -2.32. The number of halogens is 1. The molecule has 2 bridgehead atoms. The van der Waals surface area contributed by atoms with Gasteiger partial charge in [-0.3, -0.25) is 4.57 Å². The number of hydrogen-bond acceptors (Lipinski definition) is 8. The zero-order chi connectivity index (χ0) is 25.8. The van der Waals surface area contributed by atoms with Crippen LogP contribution in [0, 0.1) is 0 Å². The van der Waals surface area contributed by atoms with E-state index in [-0.39, 0.29) is 16.7 Å². The van der Waals surface area contributed by atoms with E-state index in [0.29, 0.717) is 0 Å². The molecule has 2 fully saturated rings. The predicted octanol–water partition coefficient (Wildman–Crippen LogP) is 5.50. The van der Waals surface area contributed by atoms with Crippen LogP contribution in [0.1, 0.15) is 41.5 Å². The predicted molar refractivity (Wildman–Crippen MR) is 143 cm³/mol. The summed E-state index contributed by atoms with van der Waals surface area (Å²) in [5.41, 5.74) is 0. The zero-order valence-corrected chi connectivity index (χ0v) is 27.3. The summed E-state index contributed by atoms with van der Waals surface area (Å²) in [5.74, 6) is -1.44. The molecule has 1 N–H and O–H groups in total. The van der Waals surface area contributed by atoms with Crippen molar-refractivity contribution < 1.29 is 37.0 Å². The van der Waals surface area contributed by atoms with Crippen molar-refractivity contribution >= 4 is 46.8 Å². The van der Waals surface area contributed by atoms with Crippen LogP contribution in [0.15, 0.2) is 0 Å². The van der Waals surface area contributed by atoms with E-state index in [1.807, 2.05) is 22.6 Å². The molecule has 0 amide bonds. The third kappa shape index (κ3) is 5.39. The average molecular weight is 639 g/mol. The minimum absolute atomic E-state index is 0.0445. The average Bonchev–Trinajstić information content (AvgIpc) is 3.20. The van der Waals surface area contributed by atoms with E-state index in [1.54, 1.807) is 0 Å². The first-order chi connectivity index (χ1) is 14.7. The van der Waals surface area contributed by atoms with Crippen molar-refractivity contribution in [3.8, 4) is 0 Å². The highest BCUT2D eigenvalue weighted by molar-refractivity contribution is 14.1. The van der Waals surface area contributed by atoms with Crippen LogP contribution in [0.25, 0.3) is 0 Å². The summed E-state index contributed by atoms with van der Waals surface area (Å²) in [4.78, 5) is 0. The van der Waals surface area contributed by atoms with Crippen molar-refractivity contribution in [2.75, 3.05) is 20.8 Å². The molecule has 2 aliphatic rings. The third-order valence-corrected chi connectivity index (χ3v) is 21.6. The minimum Gasteiger partial charge on any atom is -0.408 e. The summed E-state index contributed by atoms with van der Waals surface area (Å²) in [5, 5.41) is 9.98. The van der Waals surface area contributed by atoms with E-state index in [9.17, 15) is 9.67 Å². The highest BCUT2D eigenvalue weighted by Crippen LogP contribution is 2.65. The molecule has 33 heavy (non-hydrogen) atoms. The van der Waals surface area contributed by atoms with Crippen LogP contribution < -0.4 is 0 Å². The highest BCUT2D eigenvalue weighted by Gasteiger charge is 2.73. The Morgan fingerprint density at radius 2 is 1.42 bits per heavy atom. The summed E-state index contributed by atoms with van der Waals surface area (Å²) >= 11 is 2.03. The van der Waals surface area contributed by atoms with Crippen LogP contribution in [-0.4, -0.2) is 76.4 Å². The van der Waals surface area contributed by atoms with Gasteiger partial charge in [-0.05, 0) is 36.3 Å². The van der Waals surface area contributed by atoms with Gasteiger partial charge in [0.2, 0.25) is 5.79 Å². The highest BCUT2D eigenvalue weighted by atomic mass is 127. The van der Waals surface area contributed by atoms with Gasteiger partial charge in [0.15, 0.2) is 20.3 Å². The second-order valence-corrected chi connectivity index (χ2v) is 26.1. The molecule has 6 atom stereocenters. The molecule has 2 aliphatic heterocycles. The van der Waals surface area contributed by atoms with Gasteiger partial charge in [-0.25, -0.2) is 0 Å². The normalized spacial score (nSPS) is 32.4. The largest absolute Gasteiger partial charge is 0.408 e. The number of ether oxygens (including phenoxy) is 2. The summed E-state index contributed by atoms with van der Waals surface area (Å²) < 4.78 is 50.0. The molecule has 2 heterocycles. The van der Waals surface area contributed by atoms with Crippen LogP contribution >= 0.6 is 30.2 Å². The second kappa shape index (κ2) is 9.77. The fourth-order valence-electron chi connectivity index (χ4n) is 3.59. The Morgan fingerprint density at radius 3 is 1.82 bits per heavy atom. The van der Waals surface area contributed by atoms with Crippen molar-refractivity contribution in [1.82, 2.24) is 0 Å². The molecule has 0 aromatic heterocycles. The van der Waals surface area contributed by atoms with Crippen molar-refractivity contribution in [1.29, 1.82) is 0 Å². The van der Waals surface area contributed by atoms with Crippen LogP contribution in [-0.2, 0) is 31.9 Å². The Morgan fingerprint density at radius 1 is 0.970 bits per heavy atom. The van der Waals surface area contributed by atoms with Crippen molar-refractivity contribution in [3.05, 3.63) is 0 Å². The second-order valence-electron chi connectivity index (χ2n) is 12.0. The molecule has 2 unspecified atom stereocenters. The van der Waals surface area contributed by atoms with Gasteiger partial charge in [0.1, 0.15) is 24.4 Å². The molecule has 2 rings (SSSR count). The lowest BCUT2D eigenvalue weighted by Gasteiger charge is -2.49. The lowest BCUT2D eigenvalue weighted by molar-refractivity contribution is -0.208. The van der Waals surface area contributed by atoms with E-state index in [2.05, 4.69) is 67.7 Å². The van der Waals surface area contributed by atoms with Gasteiger partial charge in [-0.15, -0.1) is 0 Å². The lowest BCUT2D eigenvalue weighted by Crippen LogP contribution is -2.64. The molecular weight excluding hydrogens is 594 g/mol. The van der Waals surface area contributed by atoms with Crippen molar-refractivity contribution in [2.45, 2.75) is 112 Å². The molecule has 0 spiro atoms. The standard InChI is InChI=1S/C21H44IO8PSi2/c1-19(2,3)32(9,10)29-16-15-14(13-23)27-21(28-15,18(22)31(24,25-7)26-8)17(16)30-33(11,12)20(4,5)6/h14-18,23H,13H2,1-12H3/t14-,15+,16+,17-,18?,21?/m1/s1. The quantitative estimate of drug-likeness (QED) is 0.153. The number of aliphatic hydroxyl groups is 1. The van der Waals surface area contributed by atoms with E-state index in [0.717, 1.165) is 0 Å². The zero-order valence-electron chi connectivity index (χ0n) is 22.2. The first-order valence-corrected chi connectivity index (χ1v) is 20.1. The van der Waals surface area contributed by atoms with Crippen LogP contribution in [0.4, 0.5) is 0 Å². The number of hydrogen-bond donors (Lipinski definition) is 1. The molecule has 0 saturated carbocycles. The number of aliphatic hydroxyl groups excluding tert-OH is 1. The molecule has 196 valence electrons. The van der Waals surface area contributed by atoms with Gasteiger partial charge < -0.3 is 32.5 Å². The maximum Gasteiger partial charge on any atom is 0.348 e.